The van der Waals surface area contributed by atoms with Gasteiger partial charge in [0.05, 0.1) is 11.1 Å². The van der Waals surface area contributed by atoms with Gasteiger partial charge in [-0.2, -0.15) is 0 Å². The number of anilines is 1. The lowest BCUT2D eigenvalue weighted by atomic mass is 9.94. The molecule has 0 radical (unpaired) electrons. The zero-order chi connectivity index (χ0) is 23.9. The minimum Gasteiger partial charge on any atom is -0.454 e. The van der Waals surface area contributed by atoms with Crippen molar-refractivity contribution in [3.63, 3.8) is 0 Å². The van der Waals surface area contributed by atoms with Crippen LogP contribution in [0.5, 0.6) is 11.5 Å². The largest absolute Gasteiger partial charge is 0.454 e. The third-order valence-electron chi connectivity index (χ3n) is 6.48. The maximum atomic E-state index is 14.8. The van der Waals surface area contributed by atoms with E-state index in [4.69, 9.17) is 9.47 Å². The molecule has 5 rings (SSSR count). The summed E-state index contributed by atoms with van der Waals surface area (Å²) in [6, 6.07) is 16.3. The third-order valence-corrected chi connectivity index (χ3v) is 6.48. The number of fused-ring (bicyclic) bond motifs is 1. The number of amides is 2. The van der Waals surface area contributed by atoms with Crippen LogP contribution in [-0.2, 0) is 21.5 Å². The van der Waals surface area contributed by atoms with Crippen molar-refractivity contribution in [3.05, 3.63) is 77.1 Å². The molecule has 1 saturated carbocycles. The predicted molar refractivity (Wildman–Crippen MR) is 126 cm³/mol. The Bertz CT molecular complexity index is 1280. The summed E-state index contributed by atoms with van der Waals surface area (Å²) >= 11 is 0. The monoisotopic (exact) mass is 460 g/mol. The highest BCUT2D eigenvalue weighted by molar-refractivity contribution is 6.02. The average molecular weight is 461 g/mol. The molecule has 2 amide bonds. The first-order chi connectivity index (χ1) is 16.4. The van der Waals surface area contributed by atoms with Crippen LogP contribution in [0, 0.1) is 12.7 Å². The molecule has 1 aliphatic heterocycles. The van der Waals surface area contributed by atoms with Crippen LogP contribution in [0.1, 0.15) is 36.5 Å². The van der Waals surface area contributed by atoms with Crippen LogP contribution in [0.4, 0.5) is 10.1 Å². The molecule has 0 saturated heterocycles. The van der Waals surface area contributed by atoms with Crippen LogP contribution in [0.25, 0.3) is 11.1 Å². The van der Waals surface area contributed by atoms with E-state index in [9.17, 15) is 14.0 Å². The number of carbonyl (C=O) groups excluding carboxylic acids is 2. The molecule has 6 nitrogen and oxygen atoms in total. The van der Waals surface area contributed by atoms with Gasteiger partial charge in [0.15, 0.2) is 11.5 Å². The van der Waals surface area contributed by atoms with Gasteiger partial charge in [0.25, 0.3) is 0 Å². The molecule has 174 valence electrons. The second kappa shape index (κ2) is 8.48. The van der Waals surface area contributed by atoms with Gasteiger partial charge in [-0.15, -0.1) is 0 Å². The highest BCUT2D eigenvalue weighted by atomic mass is 19.1. The molecule has 3 aromatic rings. The molecule has 0 bridgehead atoms. The molecule has 0 atom stereocenters. The minimum absolute atomic E-state index is 0.0898. The minimum atomic E-state index is -0.691. The van der Waals surface area contributed by atoms with E-state index in [0.29, 0.717) is 30.9 Å². The number of nitrogens with one attached hydrogen (secondary N) is 2. The summed E-state index contributed by atoms with van der Waals surface area (Å²) in [4.78, 5) is 24.4. The maximum absolute atomic E-state index is 14.8. The first-order valence-electron chi connectivity index (χ1n) is 11.2. The lowest BCUT2D eigenvalue weighted by Crippen LogP contribution is -2.28. The van der Waals surface area contributed by atoms with E-state index in [1.165, 1.54) is 13.0 Å². The Balaban J connectivity index is 1.38. The molecular weight excluding hydrogens is 435 g/mol. The van der Waals surface area contributed by atoms with Crippen molar-refractivity contribution in [2.45, 2.75) is 38.6 Å². The van der Waals surface area contributed by atoms with Crippen LogP contribution in [-0.4, -0.2) is 18.6 Å². The van der Waals surface area contributed by atoms with E-state index in [1.807, 2.05) is 49.4 Å². The van der Waals surface area contributed by atoms with Crippen molar-refractivity contribution in [3.8, 4) is 22.6 Å². The summed E-state index contributed by atoms with van der Waals surface area (Å²) in [5, 5.41) is 5.59. The number of aryl methyl sites for hydroxylation is 1. The third kappa shape index (κ3) is 4.09. The first kappa shape index (κ1) is 21.9. The van der Waals surface area contributed by atoms with Gasteiger partial charge in [-0.3, -0.25) is 9.59 Å². The van der Waals surface area contributed by atoms with E-state index >= 15 is 0 Å². The van der Waals surface area contributed by atoms with Crippen molar-refractivity contribution in [1.29, 1.82) is 0 Å². The highest BCUT2D eigenvalue weighted by Gasteiger charge is 2.51. The molecule has 0 aromatic heterocycles. The van der Waals surface area contributed by atoms with E-state index in [1.54, 1.807) is 6.07 Å². The Morgan fingerprint density at radius 1 is 1.00 bits per heavy atom. The molecule has 2 aliphatic rings. The number of rotatable bonds is 6. The second-order valence-corrected chi connectivity index (χ2v) is 8.86. The Kier molecular flexibility index (Phi) is 5.48. The van der Waals surface area contributed by atoms with Gasteiger partial charge in [0, 0.05) is 13.5 Å². The lowest BCUT2D eigenvalue weighted by Gasteiger charge is -2.18. The van der Waals surface area contributed by atoms with E-state index in [0.717, 1.165) is 27.8 Å². The Hall–Kier alpha value is -3.87. The molecule has 2 N–H and O–H groups in total. The predicted octanol–water partition coefficient (Wildman–Crippen LogP) is 4.84. The van der Waals surface area contributed by atoms with Crippen molar-refractivity contribution >= 4 is 17.5 Å². The van der Waals surface area contributed by atoms with Gasteiger partial charge in [-0.1, -0.05) is 30.3 Å². The van der Waals surface area contributed by atoms with E-state index < -0.39 is 11.2 Å². The van der Waals surface area contributed by atoms with Crippen molar-refractivity contribution < 1.29 is 23.5 Å². The fourth-order valence-electron chi connectivity index (χ4n) is 4.32. The molecule has 1 fully saturated rings. The number of hydrogen-bond acceptors (Lipinski definition) is 4. The number of benzene rings is 3. The molecular formula is C27H25FN2O4. The summed E-state index contributed by atoms with van der Waals surface area (Å²) in [5.41, 5.74) is 3.77. The maximum Gasteiger partial charge on any atom is 0.235 e. The van der Waals surface area contributed by atoms with Gasteiger partial charge in [0.1, 0.15) is 5.82 Å². The van der Waals surface area contributed by atoms with Crippen LogP contribution >= 0.6 is 0 Å². The molecule has 0 spiro atoms. The van der Waals surface area contributed by atoms with Gasteiger partial charge in [0.2, 0.25) is 18.6 Å². The lowest BCUT2D eigenvalue weighted by molar-refractivity contribution is -0.119. The summed E-state index contributed by atoms with van der Waals surface area (Å²) in [5.74, 6) is 0.497. The van der Waals surface area contributed by atoms with Gasteiger partial charge < -0.3 is 20.1 Å². The van der Waals surface area contributed by atoms with Crippen molar-refractivity contribution in [1.82, 2.24) is 5.32 Å². The van der Waals surface area contributed by atoms with Crippen LogP contribution in [0.2, 0.25) is 0 Å². The van der Waals surface area contributed by atoms with Crippen LogP contribution < -0.4 is 20.1 Å². The molecule has 34 heavy (non-hydrogen) atoms. The smallest absolute Gasteiger partial charge is 0.235 e. The summed E-state index contributed by atoms with van der Waals surface area (Å²) in [6.07, 6.45) is 1.38. The van der Waals surface area contributed by atoms with Crippen LogP contribution in [0.3, 0.4) is 0 Å². The molecule has 3 aromatic carbocycles. The quantitative estimate of drug-likeness (QED) is 0.552. The van der Waals surface area contributed by atoms with E-state index in [2.05, 4.69) is 10.6 Å². The molecule has 7 heteroatoms. The average Bonchev–Trinajstić information content (AvgIpc) is 3.50. The Morgan fingerprint density at radius 3 is 2.44 bits per heavy atom. The number of hydrogen-bond donors (Lipinski definition) is 2. The van der Waals surface area contributed by atoms with Gasteiger partial charge >= 0.3 is 0 Å². The Morgan fingerprint density at radius 2 is 1.74 bits per heavy atom. The summed E-state index contributed by atoms with van der Waals surface area (Å²) in [7, 11) is 0. The molecule has 1 heterocycles. The second-order valence-electron chi connectivity index (χ2n) is 8.86. The topological polar surface area (TPSA) is 76.7 Å². The fourth-order valence-corrected chi connectivity index (χ4v) is 4.32. The first-order valence-corrected chi connectivity index (χ1v) is 11.2. The SMILES string of the molecule is CC(=O)NCc1ccc(-c2cc(NC(=O)C3(c4ccc5c(c4)OCO5)CC3)c(F)cc2C)cc1. The number of carbonyl (C=O) groups is 2. The van der Waals surface area contributed by atoms with Crippen molar-refractivity contribution in [2.75, 3.05) is 12.1 Å². The number of ether oxygens (including phenoxy) is 2. The van der Waals surface area contributed by atoms with Crippen molar-refractivity contribution in [2.24, 2.45) is 0 Å². The zero-order valence-corrected chi connectivity index (χ0v) is 19.0. The van der Waals surface area contributed by atoms with Gasteiger partial charge in [-0.05, 0) is 71.8 Å². The normalized spacial score (nSPS) is 15.0. The molecule has 0 unspecified atom stereocenters. The summed E-state index contributed by atoms with van der Waals surface area (Å²) < 4.78 is 25.7. The number of halogens is 1. The van der Waals surface area contributed by atoms with Crippen LogP contribution in [0.15, 0.2) is 54.6 Å². The molecule has 1 aliphatic carbocycles. The zero-order valence-electron chi connectivity index (χ0n) is 19.0. The fraction of sp³-hybridized carbons (Fsp3) is 0.259. The highest BCUT2D eigenvalue weighted by Crippen LogP contribution is 2.51. The van der Waals surface area contributed by atoms with Gasteiger partial charge in [-0.25, -0.2) is 4.39 Å². The standard InChI is InChI=1S/C27H25FN2O4/c1-16-11-22(28)23(13-21(16)19-5-3-18(4-6-19)14-29-17(2)31)30-26(32)27(9-10-27)20-7-8-24-25(12-20)34-15-33-24/h3-8,11-13H,9-10,14-15H2,1-2H3,(H,29,31)(H,30,32). The summed E-state index contributed by atoms with van der Waals surface area (Å²) in [6.45, 7) is 3.93. The Labute approximate surface area is 197 Å². The van der Waals surface area contributed by atoms with E-state index in [-0.39, 0.29) is 24.3 Å².